The zero-order valence-electron chi connectivity index (χ0n) is 21.4. The summed E-state index contributed by atoms with van der Waals surface area (Å²) in [6, 6.07) is 0. The summed E-state index contributed by atoms with van der Waals surface area (Å²) in [4.78, 5) is 34.0. The highest BCUT2D eigenvalue weighted by atomic mass is 19.3. The number of esters is 2. The first-order chi connectivity index (χ1) is 15.0. The number of halogens is 2. The van der Waals surface area contributed by atoms with E-state index in [0.29, 0.717) is 56.6 Å². The molecule has 0 amide bonds. The second-order valence-corrected chi connectivity index (χ2v) is 11.5. The predicted octanol–water partition coefficient (Wildman–Crippen LogP) is 6.80. The molecule has 0 N–H and O–H groups in total. The number of alkyl halides is 2. The molecule has 0 aromatic carbocycles. The lowest BCUT2D eigenvalue weighted by atomic mass is 9.84. The Kier molecular flexibility index (Phi) is 11.4. The van der Waals surface area contributed by atoms with Gasteiger partial charge < -0.3 is 9.47 Å². The van der Waals surface area contributed by atoms with Crippen LogP contribution in [0.15, 0.2) is 0 Å². The zero-order chi connectivity index (χ0) is 25.3. The third-order valence-corrected chi connectivity index (χ3v) is 5.85. The van der Waals surface area contributed by atoms with Crippen LogP contribution in [0.1, 0.15) is 119 Å². The van der Waals surface area contributed by atoms with Crippen LogP contribution < -0.4 is 0 Å². The van der Waals surface area contributed by atoms with Crippen LogP contribution in [-0.4, -0.2) is 34.8 Å². The van der Waals surface area contributed by atoms with Crippen LogP contribution in [0.5, 0.6) is 0 Å². The smallest absolute Gasteiger partial charge is 0.306 e. The van der Waals surface area contributed by atoms with Crippen molar-refractivity contribution in [1.29, 1.82) is 0 Å². The molecule has 0 radical (unpaired) electrons. The summed E-state index contributed by atoms with van der Waals surface area (Å²) in [6.07, 6.45) is 6.61. The largest absolute Gasteiger partial charge is 0.460 e. The number of carbonyl (C=O) groups is 3. The predicted molar refractivity (Wildman–Crippen MR) is 124 cm³/mol. The average Bonchev–Trinajstić information content (AvgIpc) is 2.64. The summed E-state index contributed by atoms with van der Waals surface area (Å²) in [7, 11) is 0. The van der Waals surface area contributed by atoms with Crippen molar-refractivity contribution in [2.45, 2.75) is 136 Å². The van der Waals surface area contributed by atoms with Crippen LogP contribution in [0, 0.1) is 11.8 Å². The van der Waals surface area contributed by atoms with Crippen molar-refractivity contribution in [2.75, 3.05) is 0 Å². The molecule has 0 spiro atoms. The number of hydrogen-bond acceptors (Lipinski definition) is 5. The second kappa shape index (κ2) is 12.8. The van der Waals surface area contributed by atoms with Crippen molar-refractivity contribution in [1.82, 2.24) is 0 Å². The van der Waals surface area contributed by atoms with Crippen molar-refractivity contribution in [3.05, 3.63) is 0 Å². The lowest BCUT2D eigenvalue weighted by Crippen LogP contribution is -2.26. The maximum Gasteiger partial charge on any atom is 0.306 e. The molecule has 0 saturated heterocycles. The summed E-state index contributed by atoms with van der Waals surface area (Å²) >= 11 is 0. The minimum atomic E-state index is -2.48. The number of ether oxygens (including phenoxy) is 2. The highest BCUT2D eigenvalue weighted by Gasteiger charge is 2.35. The van der Waals surface area contributed by atoms with Crippen molar-refractivity contribution in [3.8, 4) is 0 Å². The maximum atomic E-state index is 12.9. The lowest BCUT2D eigenvalue weighted by molar-refractivity contribution is -0.156. The molecule has 0 unspecified atom stereocenters. The minimum Gasteiger partial charge on any atom is -0.460 e. The summed E-state index contributed by atoms with van der Waals surface area (Å²) in [5.74, 6) is -1.68. The van der Waals surface area contributed by atoms with Gasteiger partial charge >= 0.3 is 11.9 Å². The van der Waals surface area contributed by atoms with Gasteiger partial charge in [0.25, 0.3) is 0 Å². The molecule has 2 fully saturated rings. The highest BCUT2D eigenvalue weighted by molar-refractivity contribution is 5.79. The molecule has 2 aliphatic rings. The number of Topliss-reactive ketones (excluding diaryl/α,β-unsaturated/α-hetero) is 1. The van der Waals surface area contributed by atoms with E-state index < -0.39 is 11.5 Å². The standard InChI is InChI=1S/C13H22F2O2.C13H22O3/c1-12(2,3)17-11(16)5-4-10-6-8-13(14,15)9-7-10;1-13(2,3)16-12(15)9-6-10-4-7-11(14)8-5-10/h10H,4-9H2,1-3H3;10H,4-9H2,1-3H3. The normalized spacial score (nSPS) is 19.9. The highest BCUT2D eigenvalue weighted by Crippen LogP contribution is 2.37. The van der Waals surface area contributed by atoms with Crippen molar-refractivity contribution >= 4 is 17.7 Å². The quantitative estimate of drug-likeness (QED) is 0.396. The van der Waals surface area contributed by atoms with E-state index in [2.05, 4.69) is 0 Å². The Bertz CT molecular complexity index is 626. The molecule has 2 saturated carbocycles. The molecular formula is C26H44F2O5. The zero-order valence-corrected chi connectivity index (χ0v) is 21.4. The number of hydrogen-bond donors (Lipinski definition) is 0. The molecule has 0 aromatic rings. The van der Waals surface area contributed by atoms with Gasteiger partial charge in [0.1, 0.15) is 17.0 Å². The fourth-order valence-corrected chi connectivity index (χ4v) is 4.11. The van der Waals surface area contributed by atoms with Gasteiger partial charge in [-0.15, -0.1) is 0 Å². The van der Waals surface area contributed by atoms with Crippen LogP contribution in [0.2, 0.25) is 0 Å². The Morgan fingerprint density at radius 1 is 0.788 bits per heavy atom. The summed E-state index contributed by atoms with van der Waals surface area (Å²) in [6.45, 7) is 11.1. The van der Waals surface area contributed by atoms with Gasteiger partial charge in [0.2, 0.25) is 5.92 Å². The Balaban J connectivity index is 0.000000331. The molecule has 7 heteroatoms. The first-order valence-corrected chi connectivity index (χ1v) is 12.4. The molecule has 0 aromatic heterocycles. The van der Waals surface area contributed by atoms with Gasteiger partial charge in [-0.2, -0.15) is 0 Å². The third kappa shape index (κ3) is 15.1. The van der Waals surface area contributed by atoms with Gasteiger partial charge in [-0.3, -0.25) is 14.4 Å². The Morgan fingerprint density at radius 2 is 1.15 bits per heavy atom. The van der Waals surface area contributed by atoms with Gasteiger partial charge in [-0.25, -0.2) is 8.78 Å². The van der Waals surface area contributed by atoms with E-state index in [9.17, 15) is 23.2 Å². The molecule has 33 heavy (non-hydrogen) atoms. The van der Waals surface area contributed by atoms with E-state index in [0.717, 1.165) is 19.3 Å². The van der Waals surface area contributed by atoms with E-state index >= 15 is 0 Å². The van der Waals surface area contributed by atoms with Crippen LogP contribution in [0.3, 0.4) is 0 Å². The molecular weight excluding hydrogens is 430 g/mol. The number of rotatable bonds is 6. The van der Waals surface area contributed by atoms with E-state index in [-0.39, 0.29) is 36.3 Å². The minimum absolute atomic E-state index is 0.0357. The molecule has 0 aliphatic heterocycles. The van der Waals surface area contributed by atoms with Crippen LogP contribution in [0.25, 0.3) is 0 Å². The van der Waals surface area contributed by atoms with E-state index in [4.69, 9.17) is 9.47 Å². The Morgan fingerprint density at radius 3 is 1.52 bits per heavy atom. The molecule has 2 rings (SSSR count). The van der Waals surface area contributed by atoms with E-state index in [1.54, 1.807) is 0 Å². The SMILES string of the molecule is CC(C)(C)OC(=O)CCC1CCC(=O)CC1.CC(C)(C)OC(=O)CCC1CCC(F)(F)CC1. The van der Waals surface area contributed by atoms with Crippen molar-refractivity contribution < 1.29 is 32.6 Å². The molecule has 0 bridgehead atoms. The lowest BCUT2D eigenvalue weighted by Gasteiger charge is -2.28. The van der Waals surface area contributed by atoms with Crippen molar-refractivity contribution in [3.63, 3.8) is 0 Å². The van der Waals surface area contributed by atoms with E-state index in [1.165, 1.54) is 0 Å². The molecule has 0 heterocycles. The summed E-state index contributed by atoms with van der Waals surface area (Å²) in [5, 5.41) is 0. The topological polar surface area (TPSA) is 69.7 Å². The Hall–Kier alpha value is -1.53. The van der Waals surface area contributed by atoms with Gasteiger partial charge in [0.05, 0.1) is 0 Å². The van der Waals surface area contributed by atoms with Crippen LogP contribution >= 0.6 is 0 Å². The first kappa shape index (κ1) is 29.5. The molecule has 5 nitrogen and oxygen atoms in total. The van der Waals surface area contributed by atoms with Gasteiger partial charge in [0.15, 0.2) is 0 Å². The fourth-order valence-electron chi connectivity index (χ4n) is 4.11. The molecule has 2 aliphatic carbocycles. The Labute approximate surface area is 198 Å². The monoisotopic (exact) mass is 474 g/mol. The maximum absolute atomic E-state index is 12.9. The van der Waals surface area contributed by atoms with Crippen LogP contribution in [0.4, 0.5) is 8.78 Å². The first-order valence-electron chi connectivity index (χ1n) is 12.4. The summed E-state index contributed by atoms with van der Waals surface area (Å²) < 4.78 is 36.2. The van der Waals surface area contributed by atoms with Gasteiger partial charge in [-0.1, -0.05) is 0 Å². The average molecular weight is 475 g/mol. The fraction of sp³-hybridized carbons (Fsp3) is 0.885. The second-order valence-electron chi connectivity index (χ2n) is 11.5. The van der Waals surface area contributed by atoms with Crippen molar-refractivity contribution in [2.24, 2.45) is 11.8 Å². The van der Waals surface area contributed by atoms with E-state index in [1.807, 2.05) is 41.5 Å². The summed E-state index contributed by atoms with van der Waals surface area (Å²) in [5.41, 5.74) is -0.851. The number of carbonyl (C=O) groups excluding carboxylic acids is 3. The third-order valence-electron chi connectivity index (χ3n) is 5.85. The number of ketones is 1. The van der Waals surface area contributed by atoms with Gasteiger partial charge in [0, 0.05) is 38.5 Å². The van der Waals surface area contributed by atoms with Gasteiger partial charge in [-0.05, 0) is 91.9 Å². The molecule has 0 atom stereocenters. The molecule has 192 valence electrons. The van der Waals surface area contributed by atoms with Crippen LogP contribution in [-0.2, 0) is 23.9 Å².